The first-order valence-corrected chi connectivity index (χ1v) is 9.40. The minimum absolute atomic E-state index is 0.733. The highest BCUT2D eigenvalue weighted by molar-refractivity contribution is 7.19. The first-order valence-electron chi connectivity index (χ1n) is 8.58. The molecule has 0 radical (unpaired) electrons. The average molecular weight is 342 g/mol. The fourth-order valence-electron chi connectivity index (χ4n) is 3.60. The number of hydrogen-bond donors (Lipinski definition) is 1. The summed E-state index contributed by atoms with van der Waals surface area (Å²) in [5.74, 6) is 1.65. The third-order valence-electron chi connectivity index (χ3n) is 4.96. The molecular weight excluding hydrogens is 320 g/mol. The lowest BCUT2D eigenvalue weighted by Gasteiger charge is -2.20. The molecule has 3 aliphatic rings. The molecule has 2 aromatic heterocycles. The molecule has 3 fully saturated rings. The van der Waals surface area contributed by atoms with Crippen molar-refractivity contribution < 1.29 is 0 Å². The predicted octanol–water partition coefficient (Wildman–Crippen LogP) is 3.40. The van der Waals surface area contributed by atoms with E-state index in [9.17, 15) is 0 Å². The Morgan fingerprint density at radius 2 is 1.92 bits per heavy atom. The maximum absolute atomic E-state index is 4.38. The Balaban J connectivity index is 1.43. The molecule has 2 aromatic rings. The molecule has 0 unspecified atom stereocenters. The predicted molar refractivity (Wildman–Crippen MR) is 97.6 cm³/mol. The van der Waals surface area contributed by atoms with Crippen molar-refractivity contribution in [1.29, 1.82) is 0 Å². The van der Waals surface area contributed by atoms with Crippen LogP contribution < -0.4 is 10.3 Å². The second-order valence-corrected chi connectivity index (χ2v) is 7.66. The van der Waals surface area contributed by atoms with E-state index in [-0.39, 0.29) is 0 Å². The van der Waals surface area contributed by atoms with Gasteiger partial charge < -0.3 is 4.90 Å². The number of aromatic nitrogens is 3. The van der Waals surface area contributed by atoms with Gasteiger partial charge in [0.25, 0.3) is 0 Å². The van der Waals surface area contributed by atoms with Crippen LogP contribution in [0, 0.1) is 11.8 Å². The quantitative estimate of drug-likeness (QED) is 0.681. The highest BCUT2D eigenvalue weighted by atomic mass is 32.1. The van der Waals surface area contributed by atoms with Gasteiger partial charge in [-0.25, -0.2) is 0 Å². The van der Waals surface area contributed by atoms with Gasteiger partial charge in [0, 0.05) is 19.3 Å². The fraction of sp³-hybridized carbons (Fsp3) is 0.529. The minimum atomic E-state index is 0.733. The number of fused-ring (bicyclic) bond motifs is 4. The third-order valence-corrected chi connectivity index (χ3v) is 5.85. The van der Waals surface area contributed by atoms with Crippen LogP contribution in [-0.2, 0) is 0 Å². The van der Waals surface area contributed by atoms with Gasteiger partial charge >= 0.3 is 0 Å². The van der Waals surface area contributed by atoms with Gasteiger partial charge in [-0.3, -0.25) is 10.4 Å². The van der Waals surface area contributed by atoms with E-state index in [1.807, 2.05) is 25.1 Å². The van der Waals surface area contributed by atoms with E-state index in [1.54, 1.807) is 17.5 Å². The molecule has 2 saturated heterocycles. The number of anilines is 2. The third kappa shape index (κ3) is 3.40. The van der Waals surface area contributed by atoms with Gasteiger partial charge in [-0.2, -0.15) is 5.10 Å². The summed E-state index contributed by atoms with van der Waals surface area (Å²) in [5.41, 5.74) is 4.72. The van der Waals surface area contributed by atoms with Crippen molar-refractivity contribution in [2.75, 3.05) is 23.4 Å². The number of hydrogen-bond acceptors (Lipinski definition) is 7. The Labute approximate surface area is 146 Å². The van der Waals surface area contributed by atoms with E-state index < -0.39 is 0 Å². The summed E-state index contributed by atoms with van der Waals surface area (Å²) >= 11 is 1.58. The Kier molecular flexibility index (Phi) is 4.42. The lowest BCUT2D eigenvalue weighted by Crippen LogP contribution is -2.27. The van der Waals surface area contributed by atoms with Crippen molar-refractivity contribution in [3.8, 4) is 0 Å². The van der Waals surface area contributed by atoms with Gasteiger partial charge in [0.15, 0.2) is 0 Å². The number of nitrogens with one attached hydrogen (secondary N) is 1. The smallest absolute Gasteiger partial charge is 0.227 e. The van der Waals surface area contributed by atoms with E-state index in [0.29, 0.717) is 0 Å². The largest absolute Gasteiger partial charge is 0.346 e. The van der Waals surface area contributed by atoms with Crippen molar-refractivity contribution in [2.45, 2.75) is 32.6 Å². The van der Waals surface area contributed by atoms with E-state index in [4.69, 9.17) is 0 Å². The van der Waals surface area contributed by atoms with Crippen LogP contribution in [-0.4, -0.2) is 34.0 Å². The molecule has 6 nitrogen and oxygen atoms in total. The van der Waals surface area contributed by atoms with Gasteiger partial charge in [-0.15, -0.1) is 10.2 Å². The summed E-state index contributed by atoms with van der Waals surface area (Å²) < 4.78 is 0. The fourth-order valence-corrected chi connectivity index (χ4v) is 4.31. The van der Waals surface area contributed by atoms with E-state index in [2.05, 4.69) is 30.6 Å². The van der Waals surface area contributed by atoms with Gasteiger partial charge in [0.05, 0.1) is 11.4 Å². The molecule has 0 spiro atoms. The maximum atomic E-state index is 4.38. The van der Waals surface area contributed by atoms with Crippen LogP contribution >= 0.6 is 11.3 Å². The van der Waals surface area contributed by atoms with E-state index >= 15 is 0 Å². The number of nitrogens with zero attached hydrogens (tertiary/aromatic N) is 5. The molecule has 24 heavy (non-hydrogen) atoms. The SMILES string of the molecule is C/C(=N\Nc1nnc(N2CC3CCC(CC3)C2)s1)c1ccccn1. The highest BCUT2D eigenvalue weighted by Gasteiger charge is 2.30. The van der Waals surface area contributed by atoms with Crippen LogP contribution in [0.25, 0.3) is 0 Å². The normalized spacial score (nSPS) is 24.0. The zero-order valence-electron chi connectivity index (χ0n) is 13.9. The number of hydrazone groups is 1. The van der Waals surface area contributed by atoms with Crippen molar-refractivity contribution in [2.24, 2.45) is 16.9 Å². The second kappa shape index (κ2) is 6.84. The first kappa shape index (κ1) is 15.5. The Bertz CT molecular complexity index is 691. The van der Waals surface area contributed by atoms with Gasteiger partial charge in [-0.1, -0.05) is 17.4 Å². The molecular formula is C17H22N6S. The maximum Gasteiger partial charge on any atom is 0.227 e. The number of rotatable bonds is 4. The summed E-state index contributed by atoms with van der Waals surface area (Å²) in [5, 5.41) is 14.7. The minimum Gasteiger partial charge on any atom is -0.346 e. The molecule has 1 aliphatic carbocycles. The molecule has 2 aliphatic heterocycles. The van der Waals surface area contributed by atoms with Gasteiger partial charge in [0.1, 0.15) is 0 Å². The molecule has 1 N–H and O–H groups in total. The Morgan fingerprint density at radius 1 is 1.17 bits per heavy atom. The van der Waals surface area contributed by atoms with Crippen LogP contribution in [0.15, 0.2) is 29.5 Å². The zero-order chi connectivity index (χ0) is 16.4. The first-order chi connectivity index (χ1) is 11.8. The van der Waals surface area contributed by atoms with Crippen LogP contribution in [0.4, 0.5) is 10.3 Å². The molecule has 0 aromatic carbocycles. The van der Waals surface area contributed by atoms with Gasteiger partial charge in [0.2, 0.25) is 10.3 Å². The van der Waals surface area contributed by atoms with Gasteiger partial charge in [-0.05, 0) is 56.6 Å². The van der Waals surface area contributed by atoms with Crippen molar-refractivity contribution >= 4 is 27.3 Å². The molecule has 5 rings (SSSR count). The van der Waals surface area contributed by atoms with Crippen LogP contribution in [0.5, 0.6) is 0 Å². The van der Waals surface area contributed by atoms with Crippen molar-refractivity contribution in [3.05, 3.63) is 30.1 Å². The average Bonchev–Trinajstić information content (AvgIpc) is 2.90. The monoisotopic (exact) mass is 342 g/mol. The van der Waals surface area contributed by atoms with Crippen molar-refractivity contribution in [3.63, 3.8) is 0 Å². The summed E-state index contributed by atoms with van der Waals surface area (Å²) in [4.78, 5) is 6.72. The highest BCUT2D eigenvalue weighted by Crippen LogP contribution is 2.37. The summed E-state index contributed by atoms with van der Waals surface area (Å²) in [7, 11) is 0. The molecule has 4 heterocycles. The molecule has 7 heteroatoms. The van der Waals surface area contributed by atoms with Crippen molar-refractivity contribution in [1.82, 2.24) is 15.2 Å². The lowest BCUT2D eigenvalue weighted by atomic mass is 9.84. The Hall–Kier alpha value is -2.02. The van der Waals surface area contributed by atoms with Crippen LogP contribution in [0.1, 0.15) is 38.3 Å². The van der Waals surface area contributed by atoms with Crippen LogP contribution in [0.2, 0.25) is 0 Å². The lowest BCUT2D eigenvalue weighted by molar-refractivity contribution is 0.326. The number of pyridine rings is 1. The van der Waals surface area contributed by atoms with Crippen LogP contribution in [0.3, 0.4) is 0 Å². The van der Waals surface area contributed by atoms with E-state index in [1.165, 1.54) is 25.7 Å². The second-order valence-electron chi connectivity index (χ2n) is 6.71. The molecule has 0 atom stereocenters. The molecule has 1 saturated carbocycles. The summed E-state index contributed by atoms with van der Waals surface area (Å²) in [6.45, 7) is 4.19. The summed E-state index contributed by atoms with van der Waals surface area (Å²) in [6, 6.07) is 5.80. The molecule has 2 bridgehead atoms. The molecule has 0 amide bonds. The topological polar surface area (TPSA) is 66.3 Å². The molecule has 126 valence electrons. The zero-order valence-corrected chi connectivity index (χ0v) is 14.7. The standard InChI is InChI=1S/C17H22N6S/c1-12(15-4-2-3-9-18-15)19-20-16-21-22-17(24-16)23-10-13-5-6-14(11-23)8-7-13/h2-4,9,13-14H,5-8,10-11H2,1H3,(H,20,21)/b19-12+. The summed E-state index contributed by atoms with van der Waals surface area (Å²) in [6.07, 6.45) is 7.26. The Morgan fingerprint density at radius 3 is 2.58 bits per heavy atom. The van der Waals surface area contributed by atoms with E-state index in [0.717, 1.165) is 46.6 Å².